The number of rotatable bonds is 4. The van der Waals surface area contributed by atoms with Crippen LogP contribution in [0.2, 0.25) is 0 Å². The molecule has 14 aromatic carbocycles. The van der Waals surface area contributed by atoms with Crippen molar-refractivity contribution in [2.45, 2.75) is 27.7 Å². The molecule has 0 amide bonds. The molecule has 0 saturated carbocycles. The fourth-order valence-corrected chi connectivity index (χ4v) is 16.2. The first-order valence-electron chi connectivity index (χ1n) is 38.2. The Balaban J connectivity index is 0.0000000997. The first-order chi connectivity index (χ1) is 53.3. The third-order valence-electron chi connectivity index (χ3n) is 21.5. The van der Waals surface area contributed by atoms with Crippen LogP contribution < -0.4 is 29.4 Å². The molecule has 0 radical (unpaired) electrons. The summed E-state index contributed by atoms with van der Waals surface area (Å²) in [7, 11) is 4.22. The first-order valence-corrected chi connectivity index (χ1v) is 35.2. The molecule has 12 heteroatoms. The van der Waals surface area contributed by atoms with Crippen LogP contribution in [0, 0.1) is 27.7 Å². The van der Waals surface area contributed by atoms with E-state index in [-0.39, 0.29) is 6.67 Å². The number of hydrogen-bond donors (Lipinski definition) is 0. The zero-order valence-electron chi connectivity index (χ0n) is 64.4. The van der Waals surface area contributed by atoms with Crippen LogP contribution in [0.15, 0.2) is 285 Å². The van der Waals surface area contributed by atoms with Gasteiger partial charge in [0.15, 0.2) is 0 Å². The lowest BCUT2D eigenvalue weighted by molar-refractivity contribution is 0.495. The van der Waals surface area contributed by atoms with Gasteiger partial charge in [-0.15, -0.1) is 0 Å². The summed E-state index contributed by atoms with van der Waals surface area (Å²) in [5, 5.41) is 18.3. The molecule has 4 aromatic heterocycles. The highest BCUT2D eigenvalue weighted by atomic mass is 16.3. The normalized spacial score (nSPS) is 15.2. The summed E-state index contributed by atoms with van der Waals surface area (Å²) in [6, 6.07) is 83.7. The number of furan rings is 4. The zero-order valence-corrected chi connectivity index (χ0v) is 58.4. The van der Waals surface area contributed by atoms with Crippen LogP contribution in [0.25, 0.3) is 131 Å². The molecule has 0 fully saturated rings. The molecule has 0 atom stereocenters. The minimum atomic E-state index is -2.21. The van der Waals surface area contributed by atoms with Crippen LogP contribution in [-0.4, -0.2) is 64.5 Å². The van der Waals surface area contributed by atoms with Crippen LogP contribution in [0.3, 0.4) is 0 Å². The van der Waals surface area contributed by atoms with Crippen LogP contribution in [-0.2, 0) is 0 Å². The van der Waals surface area contributed by atoms with E-state index in [4.69, 9.17) is 25.9 Å². The van der Waals surface area contributed by atoms with Crippen LogP contribution in [0.1, 0.15) is 30.5 Å². The van der Waals surface area contributed by atoms with Gasteiger partial charge in [-0.25, -0.2) is 0 Å². The molecule has 12 nitrogen and oxygen atoms in total. The number of aryl methyl sites for hydroxylation is 4. The standard InChI is InChI=1S/2C25H20N2O.2C21H18N2O/c2*1-16-21(27-15-26(2)22-9-5-6-10-23(22)27)14-13-19-20-12-11-17-7-3-4-8-18(17)25(20)28-24(16)19;2*1-14-19(23-12-11-22(2)13-23)10-9-17-18-8-7-15-5-3-4-6-16(15)21(18)24-20(14)17/h2*3-14H,15H2,1-2H3;2*3-12H,13H2,1-2H3/i2D3;;2D3;. The Labute approximate surface area is 610 Å². The van der Waals surface area contributed by atoms with E-state index in [2.05, 4.69) is 253 Å². The van der Waals surface area contributed by atoms with E-state index in [0.29, 0.717) is 6.67 Å². The quantitative estimate of drug-likeness (QED) is 0.168. The van der Waals surface area contributed by atoms with Crippen molar-refractivity contribution in [1.82, 2.24) is 9.80 Å². The maximum absolute atomic E-state index is 7.96. The summed E-state index contributed by atoms with van der Waals surface area (Å²) in [5.74, 6) is 0. The molecule has 0 spiro atoms. The van der Waals surface area contributed by atoms with Crippen LogP contribution >= 0.6 is 0 Å². The van der Waals surface area contributed by atoms with E-state index in [0.717, 1.165) is 135 Å². The molecule has 0 saturated heterocycles. The van der Waals surface area contributed by atoms with E-state index in [1.807, 2.05) is 73.3 Å². The van der Waals surface area contributed by atoms with Crippen molar-refractivity contribution < 1.29 is 25.9 Å². The molecular formula is C92H76N8O4. The number of para-hydroxylation sites is 4. The Morgan fingerprint density at radius 3 is 0.875 bits per heavy atom. The molecule has 4 aliphatic rings. The summed E-state index contributed by atoms with van der Waals surface area (Å²) in [6.07, 6.45) is 7.63. The maximum Gasteiger partial charge on any atom is 0.143 e. The summed E-state index contributed by atoms with van der Waals surface area (Å²) in [5.41, 5.74) is 20.2. The second kappa shape index (κ2) is 24.5. The highest BCUT2D eigenvalue weighted by Gasteiger charge is 2.29. The monoisotopic (exact) mass is 1360 g/mol. The number of anilines is 8. The maximum atomic E-state index is 7.96. The van der Waals surface area contributed by atoms with Gasteiger partial charge in [0, 0.05) is 171 Å². The third kappa shape index (κ3) is 10.0. The molecule has 22 rings (SSSR count). The van der Waals surface area contributed by atoms with Crippen LogP contribution in [0.4, 0.5) is 45.5 Å². The zero-order chi connectivity index (χ0) is 75.2. The highest BCUT2D eigenvalue weighted by Crippen LogP contribution is 2.48. The van der Waals surface area contributed by atoms with Gasteiger partial charge in [0.2, 0.25) is 0 Å². The van der Waals surface area contributed by atoms with E-state index in [1.54, 1.807) is 12.4 Å². The lowest BCUT2D eigenvalue weighted by atomic mass is 10.0. The number of benzene rings is 14. The molecule has 0 N–H and O–H groups in total. The fraction of sp³-hybridized carbons (Fsp3) is 0.130. The molecule has 18 aromatic rings. The Hall–Kier alpha value is -12.8. The minimum absolute atomic E-state index is 0.269. The molecular weight excluding hydrogens is 1280 g/mol. The Bertz CT molecular complexity index is 6850. The SMILES string of the molecule is Cc1c(N2C=CN(C)C2)ccc2c1oc1c3ccccc3ccc21.Cc1c(N2CN(C)c3ccccc32)ccc2c1oc1c3ccccc3ccc21.[2H]C([2H])([2H])N1C=CN(c2ccc3c(oc4c5ccccc5ccc34)c2C)C1.[2H]C([2H])([2H])N1CN(c2ccc3c(oc4c5ccccc5ccc34)c2C)c2ccccc21. The highest BCUT2D eigenvalue weighted by molar-refractivity contribution is 6.20. The molecule has 508 valence electrons. The minimum Gasteiger partial charge on any atom is -0.455 e. The van der Waals surface area contributed by atoms with E-state index < -0.39 is 14.0 Å². The molecule has 0 unspecified atom stereocenters. The second-order valence-corrected chi connectivity index (χ2v) is 27.7. The van der Waals surface area contributed by atoms with Gasteiger partial charge in [0.25, 0.3) is 0 Å². The average molecular weight is 1360 g/mol. The summed E-state index contributed by atoms with van der Waals surface area (Å²) in [4.78, 5) is 15.9. The largest absolute Gasteiger partial charge is 0.455 e. The molecule has 0 bridgehead atoms. The summed E-state index contributed by atoms with van der Waals surface area (Å²) < 4.78 is 72.2. The molecule has 8 heterocycles. The van der Waals surface area contributed by atoms with E-state index in [9.17, 15) is 0 Å². The van der Waals surface area contributed by atoms with Crippen LogP contribution in [0.5, 0.6) is 0 Å². The summed E-state index contributed by atoms with van der Waals surface area (Å²) >= 11 is 0. The van der Waals surface area contributed by atoms with Gasteiger partial charge in [0.1, 0.15) is 44.7 Å². The lowest BCUT2D eigenvalue weighted by Crippen LogP contribution is -2.24. The van der Waals surface area contributed by atoms with E-state index in [1.165, 1.54) is 86.8 Å². The van der Waals surface area contributed by atoms with Crippen molar-refractivity contribution in [2.75, 3.05) is 84.1 Å². The van der Waals surface area contributed by atoms with E-state index >= 15 is 0 Å². The van der Waals surface area contributed by atoms with Crippen molar-refractivity contribution in [3.05, 3.63) is 290 Å². The van der Waals surface area contributed by atoms with Crippen molar-refractivity contribution >= 4 is 176 Å². The predicted molar refractivity (Wildman–Crippen MR) is 436 cm³/mol. The molecule has 4 aliphatic heterocycles. The topological polar surface area (TPSA) is 78.5 Å². The summed E-state index contributed by atoms with van der Waals surface area (Å²) in [6.45, 7) is 6.32. The predicted octanol–water partition coefficient (Wildman–Crippen LogP) is 23.6. The van der Waals surface area contributed by atoms with Crippen molar-refractivity contribution in [2.24, 2.45) is 0 Å². The van der Waals surface area contributed by atoms with Crippen molar-refractivity contribution in [3.8, 4) is 0 Å². The Kier molecular flexibility index (Phi) is 13.2. The number of hydrogen-bond acceptors (Lipinski definition) is 12. The molecule has 0 aliphatic carbocycles. The average Bonchev–Trinajstić information content (AvgIpc) is 1.52. The second-order valence-electron chi connectivity index (χ2n) is 27.7. The first kappa shape index (κ1) is 55.9. The van der Waals surface area contributed by atoms with Gasteiger partial charge in [-0.05, 0) is 146 Å². The Morgan fingerprint density at radius 2 is 0.529 bits per heavy atom. The Morgan fingerprint density at radius 1 is 0.240 bits per heavy atom. The van der Waals surface area contributed by atoms with Gasteiger partial charge in [-0.1, -0.05) is 146 Å². The van der Waals surface area contributed by atoms with Crippen molar-refractivity contribution in [3.63, 3.8) is 0 Å². The van der Waals surface area contributed by atoms with Crippen molar-refractivity contribution in [1.29, 1.82) is 0 Å². The third-order valence-corrected chi connectivity index (χ3v) is 21.5. The lowest BCUT2D eigenvalue weighted by Gasteiger charge is -2.21. The van der Waals surface area contributed by atoms with Gasteiger partial charge < -0.3 is 56.9 Å². The van der Waals surface area contributed by atoms with Gasteiger partial charge in [-0.3, -0.25) is 0 Å². The number of nitrogens with zero attached hydrogens (tertiary/aromatic N) is 8. The van der Waals surface area contributed by atoms with Gasteiger partial charge in [-0.2, -0.15) is 0 Å². The van der Waals surface area contributed by atoms with Gasteiger partial charge >= 0.3 is 0 Å². The van der Waals surface area contributed by atoms with Gasteiger partial charge in [0.05, 0.1) is 49.4 Å². The number of fused-ring (bicyclic) bond motifs is 22. The smallest absolute Gasteiger partial charge is 0.143 e. The fourth-order valence-electron chi connectivity index (χ4n) is 16.2. The molecule has 104 heavy (non-hydrogen) atoms.